The van der Waals surface area contributed by atoms with Crippen LogP contribution in [-0.4, -0.2) is 55.7 Å². The number of hydrogen-bond acceptors (Lipinski definition) is 4. The van der Waals surface area contributed by atoms with Crippen molar-refractivity contribution >= 4 is 21.8 Å². The highest BCUT2D eigenvalue weighted by Crippen LogP contribution is 2.20. The van der Waals surface area contributed by atoms with Crippen LogP contribution < -0.4 is 5.14 Å². The van der Waals surface area contributed by atoms with Crippen LogP contribution in [0.3, 0.4) is 0 Å². The lowest BCUT2D eigenvalue weighted by atomic mass is 10.00. The zero-order valence-electron chi connectivity index (χ0n) is 18.0. The number of amides is 2. The van der Waals surface area contributed by atoms with E-state index in [0.717, 1.165) is 5.56 Å². The van der Waals surface area contributed by atoms with Gasteiger partial charge in [-0.25, -0.2) is 13.6 Å². The normalized spacial score (nSPS) is 16.5. The Morgan fingerprint density at radius 2 is 1.36 bits per heavy atom. The van der Waals surface area contributed by atoms with E-state index in [2.05, 4.69) is 0 Å². The van der Waals surface area contributed by atoms with Crippen molar-refractivity contribution in [1.29, 1.82) is 0 Å². The molecule has 0 bridgehead atoms. The van der Waals surface area contributed by atoms with Crippen LogP contribution in [0.25, 0.3) is 0 Å². The summed E-state index contributed by atoms with van der Waals surface area (Å²) in [4.78, 5) is 29.9. The van der Waals surface area contributed by atoms with Crippen molar-refractivity contribution < 1.29 is 18.0 Å². The Balaban J connectivity index is 1.56. The van der Waals surface area contributed by atoms with Gasteiger partial charge < -0.3 is 9.80 Å². The Morgan fingerprint density at radius 1 is 0.788 bits per heavy atom. The minimum atomic E-state index is -3.83. The van der Waals surface area contributed by atoms with Gasteiger partial charge in [0.25, 0.3) is 11.8 Å². The van der Waals surface area contributed by atoms with E-state index in [-0.39, 0.29) is 22.8 Å². The lowest BCUT2D eigenvalue weighted by molar-refractivity contribution is 0.0386. The van der Waals surface area contributed by atoms with E-state index >= 15 is 0 Å². The maximum atomic E-state index is 13.2. The van der Waals surface area contributed by atoms with Crippen LogP contribution in [0.5, 0.6) is 0 Å². The van der Waals surface area contributed by atoms with Crippen molar-refractivity contribution in [3.63, 3.8) is 0 Å². The molecule has 170 valence electrons. The number of hydrogen-bond donors (Lipinski definition) is 1. The second-order valence-corrected chi connectivity index (χ2v) is 9.59. The van der Waals surface area contributed by atoms with Crippen LogP contribution in [0, 0.1) is 0 Å². The van der Waals surface area contributed by atoms with Gasteiger partial charge in [0, 0.05) is 30.8 Å². The minimum absolute atomic E-state index is 0.0423. The van der Waals surface area contributed by atoms with Gasteiger partial charge in [0.1, 0.15) is 0 Å². The molecule has 0 radical (unpaired) electrons. The highest BCUT2D eigenvalue weighted by Gasteiger charge is 2.33. The first-order chi connectivity index (χ1) is 15.8. The number of benzene rings is 3. The SMILES string of the molecule is NS(=O)(=O)c1ccc(C(=O)N2CCN(C(=O)c3ccccc3)[C@H](Cc3ccccc3)C2)cc1. The molecular weight excluding hydrogens is 438 g/mol. The van der Waals surface area contributed by atoms with Crippen LogP contribution in [0.1, 0.15) is 26.3 Å². The van der Waals surface area contributed by atoms with Crippen LogP contribution in [0.2, 0.25) is 0 Å². The number of nitrogens with zero attached hydrogens (tertiary/aromatic N) is 2. The molecule has 0 spiro atoms. The van der Waals surface area contributed by atoms with E-state index in [1.54, 1.807) is 17.0 Å². The molecule has 4 rings (SSSR count). The summed E-state index contributed by atoms with van der Waals surface area (Å²) in [6.07, 6.45) is 0.619. The first kappa shape index (κ1) is 22.7. The minimum Gasteiger partial charge on any atom is -0.335 e. The number of nitrogens with two attached hydrogens (primary N) is 1. The molecule has 2 N–H and O–H groups in total. The lowest BCUT2D eigenvalue weighted by Gasteiger charge is -2.41. The Labute approximate surface area is 193 Å². The van der Waals surface area contributed by atoms with Crippen LogP contribution in [0.4, 0.5) is 0 Å². The van der Waals surface area contributed by atoms with Gasteiger partial charge in [-0.2, -0.15) is 0 Å². The largest absolute Gasteiger partial charge is 0.335 e. The molecule has 8 heteroatoms. The highest BCUT2D eigenvalue weighted by atomic mass is 32.2. The molecule has 1 heterocycles. The fourth-order valence-corrected chi connectivity index (χ4v) is 4.60. The summed E-state index contributed by atoms with van der Waals surface area (Å²) < 4.78 is 23.0. The van der Waals surface area contributed by atoms with Gasteiger partial charge in [0.05, 0.1) is 10.9 Å². The number of carbonyl (C=O) groups excluding carboxylic acids is 2. The molecule has 3 aromatic carbocycles. The Morgan fingerprint density at radius 3 is 1.97 bits per heavy atom. The third-order valence-electron chi connectivity index (χ3n) is 5.80. The van der Waals surface area contributed by atoms with E-state index in [4.69, 9.17) is 5.14 Å². The third kappa shape index (κ3) is 5.30. The molecule has 0 aliphatic carbocycles. The van der Waals surface area contributed by atoms with Gasteiger partial charge in [-0.3, -0.25) is 9.59 Å². The zero-order chi connectivity index (χ0) is 23.4. The van der Waals surface area contributed by atoms with E-state index in [0.29, 0.717) is 37.2 Å². The van der Waals surface area contributed by atoms with E-state index < -0.39 is 10.0 Å². The number of piperazine rings is 1. The molecule has 1 fully saturated rings. The Kier molecular flexibility index (Phi) is 6.57. The van der Waals surface area contributed by atoms with Crippen LogP contribution >= 0.6 is 0 Å². The monoisotopic (exact) mass is 463 g/mol. The second kappa shape index (κ2) is 9.56. The van der Waals surface area contributed by atoms with Gasteiger partial charge in [0.15, 0.2) is 0 Å². The summed E-state index contributed by atoms with van der Waals surface area (Å²) in [7, 11) is -3.83. The first-order valence-electron chi connectivity index (χ1n) is 10.6. The summed E-state index contributed by atoms with van der Waals surface area (Å²) >= 11 is 0. The van der Waals surface area contributed by atoms with Crippen molar-refractivity contribution in [1.82, 2.24) is 9.80 Å². The highest BCUT2D eigenvalue weighted by molar-refractivity contribution is 7.89. The molecule has 0 saturated carbocycles. The topological polar surface area (TPSA) is 101 Å². The molecule has 1 atom stereocenters. The zero-order valence-corrected chi connectivity index (χ0v) is 18.8. The molecule has 0 aromatic heterocycles. The van der Waals surface area contributed by atoms with E-state index in [1.165, 1.54) is 24.3 Å². The van der Waals surface area contributed by atoms with Gasteiger partial charge in [-0.05, 0) is 48.4 Å². The van der Waals surface area contributed by atoms with Gasteiger partial charge in [-0.15, -0.1) is 0 Å². The van der Waals surface area contributed by atoms with E-state index in [1.807, 2.05) is 53.4 Å². The Bertz CT molecular complexity index is 1230. The summed E-state index contributed by atoms with van der Waals surface area (Å²) in [6.45, 7) is 1.18. The van der Waals surface area contributed by atoms with Gasteiger partial charge >= 0.3 is 0 Å². The van der Waals surface area contributed by atoms with Gasteiger partial charge in [0.2, 0.25) is 10.0 Å². The molecule has 1 aliphatic rings. The second-order valence-electron chi connectivity index (χ2n) is 8.03. The summed E-state index contributed by atoms with van der Waals surface area (Å²) in [5, 5.41) is 5.15. The first-order valence-corrected chi connectivity index (χ1v) is 12.2. The summed E-state index contributed by atoms with van der Waals surface area (Å²) in [6, 6.07) is 24.4. The smallest absolute Gasteiger partial charge is 0.254 e. The predicted molar refractivity (Wildman–Crippen MR) is 125 cm³/mol. The van der Waals surface area contributed by atoms with Gasteiger partial charge in [-0.1, -0.05) is 48.5 Å². The third-order valence-corrected chi connectivity index (χ3v) is 6.72. The van der Waals surface area contributed by atoms with Crippen molar-refractivity contribution in [3.8, 4) is 0 Å². The fourth-order valence-electron chi connectivity index (χ4n) is 4.08. The molecular formula is C25H25N3O4S. The molecule has 33 heavy (non-hydrogen) atoms. The van der Waals surface area contributed by atoms with Crippen molar-refractivity contribution in [3.05, 3.63) is 102 Å². The van der Waals surface area contributed by atoms with Crippen LogP contribution in [0.15, 0.2) is 89.8 Å². The molecule has 7 nitrogen and oxygen atoms in total. The molecule has 1 saturated heterocycles. The number of rotatable bonds is 5. The van der Waals surface area contributed by atoms with E-state index in [9.17, 15) is 18.0 Å². The van der Waals surface area contributed by atoms with Crippen LogP contribution in [-0.2, 0) is 16.4 Å². The maximum absolute atomic E-state index is 13.2. The number of sulfonamides is 1. The summed E-state index contributed by atoms with van der Waals surface area (Å²) in [5.41, 5.74) is 2.08. The molecule has 1 aliphatic heterocycles. The average molecular weight is 464 g/mol. The quantitative estimate of drug-likeness (QED) is 0.628. The molecule has 0 unspecified atom stereocenters. The van der Waals surface area contributed by atoms with Crippen molar-refractivity contribution in [2.45, 2.75) is 17.4 Å². The maximum Gasteiger partial charge on any atom is 0.254 e. The number of carbonyl (C=O) groups is 2. The molecule has 3 aromatic rings. The standard InChI is InChI=1S/C25H25N3O4S/c26-33(31,32)23-13-11-21(12-14-23)24(29)27-15-16-28(25(30)20-9-5-2-6-10-20)22(18-27)17-19-7-3-1-4-8-19/h1-14,22H,15-18H2,(H2,26,31,32)/t22-/m1/s1. The van der Waals surface area contributed by atoms with Crippen molar-refractivity contribution in [2.24, 2.45) is 5.14 Å². The predicted octanol–water partition coefficient (Wildman–Crippen LogP) is 2.54. The van der Waals surface area contributed by atoms with Crippen molar-refractivity contribution in [2.75, 3.05) is 19.6 Å². The molecule has 2 amide bonds. The lowest BCUT2D eigenvalue weighted by Crippen LogP contribution is -2.57. The fraction of sp³-hybridized carbons (Fsp3) is 0.200. The Hall–Kier alpha value is -3.49. The summed E-state index contributed by atoms with van der Waals surface area (Å²) in [5.74, 6) is -0.262. The number of primary sulfonamides is 1. The average Bonchev–Trinajstić information content (AvgIpc) is 2.84.